The molecule has 0 amide bonds. The predicted molar refractivity (Wildman–Crippen MR) is 106 cm³/mol. The molecule has 0 bridgehead atoms. The van der Waals surface area contributed by atoms with E-state index in [0.717, 1.165) is 6.42 Å². The Bertz CT molecular complexity index is 701. The fraction of sp³-hybridized carbons (Fsp3) is 0.417. The minimum Gasteiger partial charge on any atom is -0.0654 e. The van der Waals surface area contributed by atoms with Crippen molar-refractivity contribution in [2.75, 3.05) is 0 Å². The fourth-order valence-electron chi connectivity index (χ4n) is 3.62. The Morgan fingerprint density at radius 1 is 0.917 bits per heavy atom. The van der Waals surface area contributed by atoms with Crippen LogP contribution in [0.25, 0.3) is 17.2 Å². The molecule has 0 heterocycles. The first-order chi connectivity index (χ1) is 11.7. The summed E-state index contributed by atoms with van der Waals surface area (Å²) in [6.45, 7) is 6.86. The van der Waals surface area contributed by atoms with E-state index in [1.54, 1.807) is 5.57 Å². The van der Waals surface area contributed by atoms with Gasteiger partial charge in [-0.2, -0.15) is 0 Å². The van der Waals surface area contributed by atoms with Crippen LogP contribution in [0.1, 0.15) is 63.1 Å². The topological polar surface area (TPSA) is 0 Å². The zero-order valence-electron chi connectivity index (χ0n) is 15.4. The average molecular weight is 319 g/mol. The molecular weight excluding hydrogens is 288 g/mol. The van der Waals surface area contributed by atoms with Crippen LogP contribution in [-0.2, 0) is 12.8 Å². The van der Waals surface area contributed by atoms with Crippen LogP contribution >= 0.6 is 0 Å². The monoisotopic (exact) mass is 318 g/mol. The maximum atomic E-state index is 2.42. The highest BCUT2D eigenvalue weighted by atomic mass is 14.2. The van der Waals surface area contributed by atoms with Gasteiger partial charge in [0.25, 0.3) is 0 Å². The Kier molecular flexibility index (Phi) is 5.56. The standard InChI is InChI=1S/C24H30/c1-4-5-6-7-9-19-12-14-20(15-13-19)23-11-8-10-21-16-22(18(2)3)17-24(21)23/h8,10-15,17-18H,4-7,9,16H2,1-3H3. The van der Waals surface area contributed by atoms with E-state index in [1.165, 1.54) is 59.9 Å². The maximum Gasteiger partial charge on any atom is -0.00550 e. The molecule has 1 aliphatic carbocycles. The van der Waals surface area contributed by atoms with Crippen molar-refractivity contribution in [1.29, 1.82) is 0 Å². The fourth-order valence-corrected chi connectivity index (χ4v) is 3.62. The van der Waals surface area contributed by atoms with Crippen LogP contribution in [0.2, 0.25) is 0 Å². The first-order valence-corrected chi connectivity index (χ1v) is 9.60. The molecule has 1 aliphatic rings. The Balaban J connectivity index is 1.77. The number of benzene rings is 2. The number of fused-ring (bicyclic) bond motifs is 1. The van der Waals surface area contributed by atoms with Crippen molar-refractivity contribution in [3.05, 3.63) is 64.7 Å². The molecule has 0 N–H and O–H groups in total. The number of rotatable bonds is 7. The molecule has 2 aromatic rings. The van der Waals surface area contributed by atoms with E-state index in [2.05, 4.69) is 69.3 Å². The van der Waals surface area contributed by atoms with Crippen molar-refractivity contribution in [2.45, 2.75) is 59.3 Å². The molecule has 0 saturated carbocycles. The third-order valence-corrected chi connectivity index (χ3v) is 5.25. The van der Waals surface area contributed by atoms with E-state index in [9.17, 15) is 0 Å². The SMILES string of the molecule is CCCCCCc1ccc(-c2cccc3c2C=C(C(C)C)C3)cc1. The molecule has 24 heavy (non-hydrogen) atoms. The molecule has 2 aromatic carbocycles. The summed E-state index contributed by atoms with van der Waals surface area (Å²) in [5.74, 6) is 0.635. The molecule has 0 saturated heterocycles. The quantitative estimate of drug-likeness (QED) is 0.479. The van der Waals surface area contributed by atoms with Crippen LogP contribution in [0.5, 0.6) is 0 Å². The second kappa shape index (κ2) is 7.83. The van der Waals surface area contributed by atoms with Crippen LogP contribution in [0, 0.1) is 5.92 Å². The Morgan fingerprint density at radius 3 is 2.42 bits per heavy atom. The average Bonchev–Trinajstić information content (AvgIpc) is 3.04. The minimum atomic E-state index is 0.635. The van der Waals surface area contributed by atoms with Gasteiger partial charge >= 0.3 is 0 Å². The summed E-state index contributed by atoms with van der Waals surface area (Å²) in [6.07, 6.45) is 10.1. The number of aryl methyl sites for hydroxylation is 1. The van der Waals surface area contributed by atoms with Gasteiger partial charge in [0, 0.05) is 0 Å². The number of allylic oxidation sites excluding steroid dienone is 1. The van der Waals surface area contributed by atoms with E-state index in [-0.39, 0.29) is 0 Å². The van der Waals surface area contributed by atoms with Gasteiger partial charge in [-0.15, -0.1) is 0 Å². The Hall–Kier alpha value is -1.82. The predicted octanol–water partition coefficient (Wildman–Crippen LogP) is 7.07. The Morgan fingerprint density at radius 2 is 1.71 bits per heavy atom. The maximum absolute atomic E-state index is 2.42. The minimum absolute atomic E-state index is 0.635. The van der Waals surface area contributed by atoms with Crippen molar-refractivity contribution in [1.82, 2.24) is 0 Å². The molecule has 0 spiro atoms. The van der Waals surface area contributed by atoms with Gasteiger partial charge in [0.05, 0.1) is 0 Å². The number of hydrogen-bond acceptors (Lipinski definition) is 0. The lowest BCUT2D eigenvalue weighted by molar-refractivity contribution is 0.667. The van der Waals surface area contributed by atoms with Crippen LogP contribution in [0.15, 0.2) is 48.0 Å². The van der Waals surface area contributed by atoms with Gasteiger partial charge in [-0.1, -0.05) is 94.1 Å². The molecule has 0 fully saturated rings. The third-order valence-electron chi connectivity index (χ3n) is 5.25. The molecule has 0 unspecified atom stereocenters. The molecule has 0 aromatic heterocycles. The molecule has 0 nitrogen and oxygen atoms in total. The van der Waals surface area contributed by atoms with Gasteiger partial charge in [0.1, 0.15) is 0 Å². The number of hydrogen-bond donors (Lipinski definition) is 0. The lowest BCUT2D eigenvalue weighted by Crippen LogP contribution is -1.93. The zero-order chi connectivity index (χ0) is 16.9. The molecule has 3 rings (SSSR count). The van der Waals surface area contributed by atoms with E-state index in [0.29, 0.717) is 5.92 Å². The molecule has 0 radical (unpaired) electrons. The van der Waals surface area contributed by atoms with Crippen molar-refractivity contribution in [3.63, 3.8) is 0 Å². The van der Waals surface area contributed by atoms with Crippen molar-refractivity contribution in [2.24, 2.45) is 5.92 Å². The van der Waals surface area contributed by atoms with Gasteiger partial charge in [-0.25, -0.2) is 0 Å². The molecule has 0 heteroatoms. The second-order valence-electron chi connectivity index (χ2n) is 7.44. The molecular formula is C24H30. The molecule has 126 valence electrons. The summed E-state index contributed by atoms with van der Waals surface area (Å²) in [4.78, 5) is 0. The normalized spacial score (nSPS) is 13.2. The third kappa shape index (κ3) is 3.80. The summed E-state index contributed by atoms with van der Waals surface area (Å²) < 4.78 is 0. The molecule has 0 aliphatic heterocycles. The van der Waals surface area contributed by atoms with E-state index >= 15 is 0 Å². The summed E-state index contributed by atoms with van der Waals surface area (Å²) in [5.41, 5.74) is 8.70. The van der Waals surface area contributed by atoms with E-state index < -0.39 is 0 Å². The van der Waals surface area contributed by atoms with Gasteiger partial charge < -0.3 is 0 Å². The first kappa shape index (κ1) is 17.0. The van der Waals surface area contributed by atoms with Crippen LogP contribution < -0.4 is 0 Å². The summed E-state index contributed by atoms with van der Waals surface area (Å²) >= 11 is 0. The Labute approximate surface area is 147 Å². The first-order valence-electron chi connectivity index (χ1n) is 9.60. The van der Waals surface area contributed by atoms with Gasteiger partial charge in [-0.3, -0.25) is 0 Å². The smallest absolute Gasteiger partial charge is 0.00550 e. The summed E-state index contributed by atoms with van der Waals surface area (Å²) in [6, 6.07) is 16.0. The van der Waals surface area contributed by atoms with Crippen molar-refractivity contribution in [3.8, 4) is 11.1 Å². The van der Waals surface area contributed by atoms with Crippen molar-refractivity contribution >= 4 is 6.08 Å². The van der Waals surface area contributed by atoms with E-state index in [4.69, 9.17) is 0 Å². The van der Waals surface area contributed by atoms with Gasteiger partial charge in [0.15, 0.2) is 0 Å². The van der Waals surface area contributed by atoms with Crippen LogP contribution in [0.4, 0.5) is 0 Å². The molecule has 0 atom stereocenters. The summed E-state index contributed by atoms with van der Waals surface area (Å²) in [5, 5.41) is 0. The second-order valence-corrected chi connectivity index (χ2v) is 7.44. The van der Waals surface area contributed by atoms with Crippen LogP contribution in [0.3, 0.4) is 0 Å². The van der Waals surface area contributed by atoms with E-state index in [1.807, 2.05) is 0 Å². The summed E-state index contributed by atoms with van der Waals surface area (Å²) in [7, 11) is 0. The van der Waals surface area contributed by atoms with Crippen molar-refractivity contribution < 1.29 is 0 Å². The zero-order valence-corrected chi connectivity index (χ0v) is 15.4. The van der Waals surface area contributed by atoms with Gasteiger partial charge in [-0.05, 0) is 53.0 Å². The highest BCUT2D eigenvalue weighted by molar-refractivity contribution is 5.80. The lowest BCUT2D eigenvalue weighted by Gasteiger charge is -2.09. The highest BCUT2D eigenvalue weighted by Gasteiger charge is 2.18. The number of unbranched alkanes of at least 4 members (excludes halogenated alkanes) is 3. The lowest BCUT2D eigenvalue weighted by atomic mass is 9.95. The largest absolute Gasteiger partial charge is 0.0654 e. The van der Waals surface area contributed by atoms with Gasteiger partial charge in [0.2, 0.25) is 0 Å². The highest BCUT2D eigenvalue weighted by Crippen LogP contribution is 2.36. The van der Waals surface area contributed by atoms with Crippen LogP contribution in [-0.4, -0.2) is 0 Å².